The van der Waals surface area contributed by atoms with Crippen molar-refractivity contribution in [1.29, 1.82) is 0 Å². The number of amides is 2. The second kappa shape index (κ2) is 6.78. The van der Waals surface area contributed by atoms with Crippen molar-refractivity contribution in [2.24, 2.45) is 0 Å². The highest BCUT2D eigenvalue weighted by Crippen LogP contribution is 2.08. The monoisotopic (exact) mass is 311 g/mol. The second-order valence-electron chi connectivity index (χ2n) is 5.04. The topological polar surface area (TPSA) is 85.0 Å². The number of anilines is 1. The summed E-state index contributed by atoms with van der Waals surface area (Å²) in [5, 5.41) is 13.5. The summed E-state index contributed by atoms with van der Waals surface area (Å²) in [6, 6.07) is 13.1. The zero-order valence-electron chi connectivity index (χ0n) is 12.7. The molecule has 0 spiro atoms. The minimum absolute atomic E-state index is 0.319. The molecule has 7 heteroatoms. The van der Waals surface area contributed by atoms with Crippen molar-refractivity contribution in [3.63, 3.8) is 0 Å². The number of nitrogens with zero attached hydrogens (tertiary/aromatic N) is 3. The van der Waals surface area contributed by atoms with E-state index in [1.54, 1.807) is 13.0 Å². The van der Waals surface area contributed by atoms with Crippen LogP contribution in [0.2, 0.25) is 0 Å². The van der Waals surface area contributed by atoms with Gasteiger partial charge in [0.1, 0.15) is 5.76 Å². The Bertz CT molecular complexity index is 779. The minimum Gasteiger partial charge on any atom is -0.360 e. The van der Waals surface area contributed by atoms with Crippen molar-refractivity contribution >= 4 is 11.8 Å². The van der Waals surface area contributed by atoms with E-state index < -0.39 is 0 Å². The molecular formula is C16H17N5O2. The molecule has 118 valence electrons. The molecule has 0 saturated carbocycles. The Balaban J connectivity index is 1.47. The van der Waals surface area contributed by atoms with Gasteiger partial charge in [0, 0.05) is 25.2 Å². The predicted molar refractivity (Wildman–Crippen MR) is 85.5 cm³/mol. The summed E-state index contributed by atoms with van der Waals surface area (Å²) in [6.07, 6.45) is 2.55. The summed E-state index contributed by atoms with van der Waals surface area (Å²) in [6.45, 7) is 2.24. The first-order valence-corrected chi connectivity index (χ1v) is 7.29. The Morgan fingerprint density at radius 2 is 2.09 bits per heavy atom. The second-order valence-corrected chi connectivity index (χ2v) is 5.04. The lowest BCUT2D eigenvalue weighted by Gasteiger charge is -2.04. The van der Waals surface area contributed by atoms with E-state index in [1.165, 1.54) is 0 Å². The SMILES string of the molecule is Cc1cc(NC(=O)NCCc2ccn(-c3ccccc3)n2)no1. The van der Waals surface area contributed by atoms with E-state index in [0.29, 0.717) is 24.5 Å². The van der Waals surface area contributed by atoms with E-state index in [2.05, 4.69) is 20.9 Å². The van der Waals surface area contributed by atoms with Crippen molar-refractivity contribution in [1.82, 2.24) is 20.3 Å². The van der Waals surface area contributed by atoms with Gasteiger partial charge in [-0.3, -0.25) is 5.32 Å². The van der Waals surface area contributed by atoms with Crippen LogP contribution in [0.25, 0.3) is 5.69 Å². The smallest absolute Gasteiger partial charge is 0.320 e. The van der Waals surface area contributed by atoms with Gasteiger partial charge < -0.3 is 9.84 Å². The Kier molecular flexibility index (Phi) is 4.37. The molecule has 23 heavy (non-hydrogen) atoms. The molecule has 1 aromatic carbocycles. The molecule has 0 unspecified atom stereocenters. The molecule has 0 saturated heterocycles. The van der Waals surface area contributed by atoms with Gasteiger partial charge in [-0.2, -0.15) is 5.10 Å². The van der Waals surface area contributed by atoms with E-state index >= 15 is 0 Å². The van der Waals surface area contributed by atoms with E-state index in [9.17, 15) is 4.79 Å². The van der Waals surface area contributed by atoms with Crippen molar-refractivity contribution in [3.8, 4) is 5.69 Å². The van der Waals surface area contributed by atoms with Crippen molar-refractivity contribution in [2.45, 2.75) is 13.3 Å². The lowest BCUT2D eigenvalue weighted by molar-refractivity contribution is 0.252. The third kappa shape index (κ3) is 3.97. The molecule has 3 rings (SSSR count). The van der Waals surface area contributed by atoms with Crippen molar-refractivity contribution < 1.29 is 9.32 Å². The summed E-state index contributed by atoms with van der Waals surface area (Å²) in [5.74, 6) is 1.04. The van der Waals surface area contributed by atoms with Crippen LogP contribution < -0.4 is 10.6 Å². The summed E-state index contributed by atoms with van der Waals surface area (Å²) < 4.78 is 6.69. The summed E-state index contributed by atoms with van der Waals surface area (Å²) >= 11 is 0. The number of hydrogen-bond acceptors (Lipinski definition) is 4. The van der Waals surface area contributed by atoms with Crippen LogP contribution in [0.3, 0.4) is 0 Å². The number of para-hydroxylation sites is 1. The first-order valence-electron chi connectivity index (χ1n) is 7.29. The highest BCUT2D eigenvalue weighted by atomic mass is 16.5. The standard InChI is InChI=1S/C16H17N5O2/c1-12-11-15(20-23-12)18-16(22)17-9-7-13-8-10-21(19-13)14-5-3-2-4-6-14/h2-6,8,10-11H,7,9H2,1H3,(H2,17,18,20,22). The Labute approximate surface area is 133 Å². The highest BCUT2D eigenvalue weighted by molar-refractivity contribution is 5.88. The van der Waals surface area contributed by atoms with Crippen molar-refractivity contribution in [2.75, 3.05) is 11.9 Å². The third-order valence-corrected chi connectivity index (χ3v) is 3.20. The van der Waals surface area contributed by atoms with Gasteiger partial charge in [-0.25, -0.2) is 9.48 Å². The molecule has 0 fully saturated rings. The van der Waals surface area contributed by atoms with Gasteiger partial charge in [0.05, 0.1) is 11.4 Å². The van der Waals surface area contributed by atoms with Gasteiger partial charge in [0.25, 0.3) is 0 Å². The maximum Gasteiger partial charge on any atom is 0.320 e. The van der Waals surface area contributed by atoms with E-state index in [4.69, 9.17) is 4.52 Å². The Morgan fingerprint density at radius 3 is 2.83 bits per heavy atom. The van der Waals surface area contributed by atoms with E-state index in [1.807, 2.05) is 47.3 Å². The largest absolute Gasteiger partial charge is 0.360 e. The molecule has 2 amide bonds. The Hall–Kier alpha value is -3.09. The fourth-order valence-corrected chi connectivity index (χ4v) is 2.11. The number of hydrogen-bond donors (Lipinski definition) is 2. The van der Waals surface area contributed by atoms with Gasteiger partial charge in [-0.05, 0) is 25.1 Å². The quantitative estimate of drug-likeness (QED) is 0.758. The number of urea groups is 1. The highest BCUT2D eigenvalue weighted by Gasteiger charge is 2.06. The lowest BCUT2D eigenvalue weighted by Crippen LogP contribution is -2.30. The number of benzene rings is 1. The van der Waals surface area contributed by atoms with E-state index in [0.717, 1.165) is 11.4 Å². The average molecular weight is 311 g/mol. The number of nitrogens with one attached hydrogen (secondary N) is 2. The summed E-state index contributed by atoms with van der Waals surface area (Å²) in [5.41, 5.74) is 1.91. The van der Waals surface area contributed by atoms with Gasteiger partial charge in [0.2, 0.25) is 0 Å². The van der Waals surface area contributed by atoms with Gasteiger partial charge in [-0.15, -0.1) is 0 Å². The maximum absolute atomic E-state index is 11.7. The molecule has 2 heterocycles. The molecule has 2 N–H and O–H groups in total. The number of carbonyl (C=O) groups is 1. The first kappa shape index (κ1) is 14.8. The van der Waals surface area contributed by atoms with Gasteiger partial charge in [0.15, 0.2) is 5.82 Å². The minimum atomic E-state index is -0.319. The molecule has 0 aliphatic carbocycles. The molecule has 0 bridgehead atoms. The van der Waals surface area contributed by atoms with Gasteiger partial charge >= 0.3 is 6.03 Å². The normalized spacial score (nSPS) is 10.5. The van der Waals surface area contributed by atoms with Crippen LogP contribution in [0, 0.1) is 6.92 Å². The molecule has 7 nitrogen and oxygen atoms in total. The number of aryl methyl sites for hydroxylation is 1. The first-order chi connectivity index (χ1) is 11.2. The van der Waals surface area contributed by atoms with Gasteiger partial charge in [-0.1, -0.05) is 23.4 Å². The molecule has 0 radical (unpaired) electrons. The number of carbonyl (C=O) groups excluding carboxylic acids is 1. The number of rotatable bonds is 5. The summed E-state index contributed by atoms with van der Waals surface area (Å²) in [4.78, 5) is 11.7. The molecule has 2 aromatic heterocycles. The number of aromatic nitrogens is 3. The van der Waals surface area contributed by atoms with Crippen LogP contribution in [-0.4, -0.2) is 27.5 Å². The predicted octanol–water partition coefficient (Wildman–Crippen LogP) is 2.53. The summed E-state index contributed by atoms with van der Waals surface area (Å²) in [7, 11) is 0. The van der Waals surface area contributed by atoms with Crippen LogP contribution in [-0.2, 0) is 6.42 Å². The van der Waals surface area contributed by atoms with Crippen LogP contribution >= 0.6 is 0 Å². The van der Waals surface area contributed by atoms with Crippen LogP contribution in [0.4, 0.5) is 10.6 Å². The maximum atomic E-state index is 11.7. The molecule has 0 atom stereocenters. The lowest BCUT2D eigenvalue weighted by atomic mass is 10.3. The average Bonchev–Trinajstić information content (AvgIpc) is 3.17. The zero-order valence-corrected chi connectivity index (χ0v) is 12.7. The molecule has 0 aliphatic rings. The Morgan fingerprint density at radius 1 is 1.26 bits per heavy atom. The van der Waals surface area contributed by atoms with Crippen LogP contribution in [0.15, 0.2) is 53.2 Å². The van der Waals surface area contributed by atoms with Crippen molar-refractivity contribution in [3.05, 3.63) is 60.1 Å². The fraction of sp³-hybridized carbons (Fsp3) is 0.188. The van der Waals surface area contributed by atoms with Crippen LogP contribution in [0.1, 0.15) is 11.5 Å². The fourth-order valence-electron chi connectivity index (χ4n) is 2.11. The molecular weight excluding hydrogens is 294 g/mol. The van der Waals surface area contributed by atoms with Crippen LogP contribution in [0.5, 0.6) is 0 Å². The zero-order chi connectivity index (χ0) is 16.1. The van der Waals surface area contributed by atoms with E-state index in [-0.39, 0.29) is 6.03 Å². The third-order valence-electron chi connectivity index (χ3n) is 3.20. The molecule has 3 aromatic rings. The molecule has 0 aliphatic heterocycles.